The summed E-state index contributed by atoms with van der Waals surface area (Å²) in [5.41, 5.74) is 0. The molecule has 0 aliphatic rings. The lowest BCUT2D eigenvalue weighted by molar-refractivity contribution is 0.351. The van der Waals surface area contributed by atoms with Crippen LogP contribution in [0.15, 0.2) is 4.52 Å². The second kappa shape index (κ2) is 5.59. The van der Waals surface area contributed by atoms with E-state index in [0.717, 1.165) is 19.3 Å². The zero-order valence-corrected chi connectivity index (χ0v) is 11.4. The Morgan fingerprint density at radius 2 is 2.06 bits per heavy atom. The van der Waals surface area contributed by atoms with Gasteiger partial charge in [-0.25, -0.2) is 8.42 Å². The van der Waals surface area contributed by atoms with Crippen molar-refractivity contribution in [3.05, 3.63) is 11.7 Å². The Balaban J connectivity index is 2.78. The third-order valence-electron chi connectivity index (χ3n) is 2.59. The highest BCUT2D eigenvalue weighted by molar-refractivity contribution is 7.90. The summed E-state index contributed by atoms with van der Waals surface area (Å²) >= 11 is 0. The molecule has 0 amide bonds. The summed E-state index contributed by atoms with van der Waals surface area (Å²) in [5.74, 6) is 0.769. The highest BCUT2D eigenvalue weighted by Gasteiger charge is 2.24. The van der Waals surface area contributed by atoms with Gasteiger partial charge in [0, 0.05) is 18.7 Å². The molecule has 17 heavy (non-hydrogen) atoms. The lowest BCUT2D eigenvalue weighted by Gasteiger charge is -2.06. The quantitative estimate of drug-likeness (QED) is 0.818. The molecule has 1 rings (SSSR count). The Labute approximate surface area is 102 Å². The Morgan fingerprint density at radius 1 is 1.41 bits per heavy atom. The fourth-order valence-electron chi connectivity index (χ4n) is 1.25. The van der Waals surface area contributed by atoms with Gasteiger partial charge in [-0.15, -0.1) is 0 Å². The van der Waals surface area contributed by atoms with Crippen LogP contribution in [-0.2, 0) is 9.84 Å². The van der Waals surface area contributed by atoms with E-state index in [1.54, 1.807) is 6.92 Å². The van der Waals surface area contributed by atoms with Crippen LogP contribution in [-0.4, -0.2) is 37.9 Å². The van der Waals surface area contributed by atoms with Crippen molar-refractivity contribution in [1.29, 1.82) is 0 Å². The van der Waals surface area contributed by atoms with E-state index in [1.807, 2.05) is 13.8 Å². The van der Waals surface area contributed by atoms with Gasteiger partial charge in [-0.1, -0.05) is 19.0 Å². The van der Waals surface area contributed by atoms with E-state index in [0.29, 0.717) is 5.89 Å². The standard InChI is InChI=1S/C10H19N3O3S/c1-5-11-6-7(2)10-12-9(13-16-10)8(3)17(4,14)15/h7-8,11H,5-6H2,1-4H3. The van der Waals surface area contributed by atoms with Gasteiger partial charge in [0.2, 0.25) is 5.89 Å². The molecule has 1 N–H and O–H groups in total. The van der Waals surface area contributed by atoms with Gasteiger partial charge in [0.25, 0.3) is 0 Å². The summed E-state index contributed by atoms with van der Waals surface area (Å²) in [6.45, 7) is 7.11. The first-order valence-electron chi connectivity index (χ1n) is 5.59. The largest absolute Gasteiger partial charge is 0.339 e. The van der Waals surface area contributed by atoms with Gasteiger partial charge in [0.05, 0.1) is 0 Å². The van der Waals surface area contributed by atoms with Crippen molar-refractivity contribution in [2.75, 3.05) is 19.3 Å². The molecule has 98 valence electrons. The number of hydrogen-bond acceptors (Lipinski definition) is 6. The number of rotatable bonds is 6. The number of hydrogen-bond donors (Lipinski definition) is 1. The van der Waals surface area contributed by atoms with Crippen LogP contribution in [0.2, 0.25) is 0 Å². The fourth-order valence-corrected chi connectivity index (χ4v) is 1.73. The van der Waals surface area contributed by atoms with E-state index in [-0.39, 0.29) is 11.7 Å². The number of nitrogens with zero attached hydrogens (tertiary/aromatic N) is 2. The summed E-state index contributed by atoms with van der Waals surface area (Å²) < 4.78 is 27.8. The SMILES string of the molecule is CCNCC(C)c1nc(C(C)S(C)(=O)=O)no1. The molecule has 0 fully saturated rings. The van der Waals surface area contributed by atoms with Crippen LogP contribution in [0.25, 0.3) is 0 Å². The zero-order chi connectivity index (χ0) is 13.1. The third kappa shape index (κ3) is 3.78. The van der Waals surface area contributed by atoms with Gasteiger partial charge >= 0.3 is 0 Å². The molecule has 6 nitrogen and oxygen atoms in total. The summed E-state index contributed by atoms with van der Waals surface area (Å²) in [7, 11) is -3.19. The van der Waals surface area contributed by atoms with Crippen molar-refractivity contribution < 1.29 is 12.9 Å². The van der Waals surface area contributed by atoms with Gasteiger partial charge in [0.15, 0.2) is 15.7 Å². The average Bonchev–Trinajstić information content (AvgIpc) is 2.72. The summed E-state index contributed by atoms with van der Waals surface area (Å²) in [6.07, 6.45) is 1.16. The van der Waals surface area contributed by atoms with Gasteiger partial charge in [0.1, 0.15) is 5.25 Å². The minimum absolute atomic E-state index is 0.0722. The molecule has 2 atom stereocenters. The fraction of sp³-hybridized carbons (Fsp3) is 0.800. The number of aromatic nitrogens is 2. The van der Waals surface area contributed by atoms with E-state index in [2.05, 4.69) is 15.5 Å². The van der Waals surface area contributed by atoms with Crippen molar-refractivity contribution in [1.82, 2.24) is 15.5 Å². The van der Waals surface area contributed by atoms with Crippen molar-refractivity contribution in [3.63, 3.8) is 0 Å². The lowest BCUT2D eigenvalue weighted by atomic mass is 10.2. The van der Waals surface area contributed by atoms with Crippen LogP contribution in [0.5, 0.6) is 0 Å². The van der Waals surface area contributed by atoms with Crippen LogP contribution in [0.3, 0.4) is 0 Å². The molecule has 0 radical (unpaired) electrons. The van der Waals surface area contributed by atoms with Gasteiger partial charge < -0.3 is 9.84 Å². The Morgan fingerprint density at radius 3 is 2.59 bits per heavy atom. The molecular formula is C10H19N3O3S. The first-order valence-corrected chi connectivity index (χ1v) is 7.54. The van der Waals surface area contributed by atoms with E-state index in [1.165, 1.54) is 0 Å². The molecule has 0 bridgehead atoms. The van der Waals surface area contributed by atoms with Crippen LogP contribution >= 0.6 is 0 Å². The van der Waals surface area contributed by atoms with E-state index < -0.39 is 15.1 Å². The molecule has 0 aliphatic carbocycles. The predicted octanol–water partition coefficient (Wildman–Crippen LogP) is 0.888. The van der Waals surface area contributed by atoms with Crippen molar-refractivity contribution in [3.8, 4) is 0 Å². The number of sulfone groups is 1. The highest BCUT2D eigenvalue weighted by atomic mass is 32.2. The summed E-state index contributed by atoms with van der Waals surface area (Å²) in [5, 5.41) is 6.16. The van der Waals surface area contributed by atoms with Crippen molar-refractivity contribution in [2.24, 2.45) is 0 Å². The Kier molecular flexibility index (Phi) is 4.64. The molecular weight excluding hydrogens is 242 g/mol. The molecule has 0 saturated carbocycles. The molecule has 7 heteroatoms. The molecule has 1 aromatic heterocycles. The minimum atomic E-state index is -3.19. The number of likely N-dealkylation sites (N-methyl/N-ethyl adjacent to an activating group) is 1. The van der Waals surface area contributed by atoms with Crippen LogP contribution in [0.4, 0.5) is 0 Å². The molecule has 0 aliphatic heterocycles. The zero-order valence-electron chi connectivity index (χ0n) is 10.6. The van der Waals surface area contributed by atoms with E-state index in [9.17, 15) is 8.42 Å². The monoisotopic (exact) mass is 261 g/mol. The second-order valence-electron chi connectivity index (χ2n) is 4.17. The maximum atomic E-state index is 11.3. The maximum absolute atomic E-state index is 11.3. The van der Waals surface area contributed by atoms with Crippen LogP contribution in [0, 0.1) is 0 Å². The number of nitrogens with one attached hydrogen (secondary N) is 1. The van der Waals surface area contributed by atoms with Crippen molar-refractivity contribution >= 4 is 9.84 Å². The maximum Gasteiger partial charge on any atom is 0.230 e. The molecule has 0 spiro atoms. The summed E-state index contributed by atoms with van der Waals surface area (Å²) in [6, 6.07) is 0. The smallest absolute Gasteiger partial charge is 0.230 e. The predicted molar refractivity (Wildman–Crippen MR) is 64.5 cm³/mol. The lowest BCUT2D eigenvalue weighted by Crippen LogP contribution is -2.19. The average molecular weight is 261 g/mol. The van der Waals surface area contributed by atoms with Crippen molar-refractivity contribution in [2.45, 2.75) is 31.9 Å². The van der Waals surface area contributed by atoms with Crippen LogP contribution in [0.1, 0.15) is 43.7 Å². The topological polar surface area (TPSA) is 85.1 Å². The van der Waals surface area contributed by atoms with Crippen LogP contribution < -0.4 is 5.32 Å². The van der Waals surface area contributed by atoms with E-state index in [4.69, 9.17) is 4.52 Å². The second-order valence-corrected chi connectivity index (χ2v) is 6.54. The Hall–Kier alpha value is -0.950. The van der Waals surface area contributed by atoms with Gasteiger partial charge in [-0.05, 0) is 13.5 Å². The molecule has 0 aromatic carbocycles. The molecule has 2 unspecified atom stereocenters. The van der Waals surface area contributed by atoms with Gasteiger partial charge in [-0.3, -0.25) is 0 Å². The molecule has 1 heterocycles. The first kappa shape index (κ1) is 14.1. The van der Waals surface area contributed by atoms with Gasteiger partial charge in [-0.2, -0.15) is 4.98 Å². The Bertz CT molecular complexity index is 455. The summed E-state index contributed by atoms with van der Waals surface area (Å²) in [4.78, 5) is 4.13. The van der Waals surface area contributed by atoms with E-state index >= 15 is 0 Å². The minimum Gasteiger partial charge on any atom is -0.339 e. The molecule has 1 aromatic rings. The third-order valence-corrected chi connectivity index (χ3v) is 4.08. The molecule has 0 saturated heterocycles. The highest BCUT2D eigenvalue weighted by Crippen LogP contribution is 2.20. The first-order chi connectivity index (χ1) is 7.86. The normalized spacial score (nSPS) is 15.8.